The van der Waals surface area contributed by atoms with Gasteiger partial charge in [0, 0.05) is 190 Å². The zero-order valence-electron chi connectivity index (χ0n) is 74.9. The molecule has 3 fully saturated rings. The zero-order chi connectivity index (χ0) is 92.2. The number of esters is 2. The van der Waals surface area contributed by atoms with Crippen molar-refractivity contribution < 1.29 is 140 Å². The van der Waals surface area contributed by atoms with E-state index in [0.717, 1.165) is 153 Å². The normalized spacial score (nSPS) is 15.4. The molecule has 0 unspecified atom stereocenters. The maximum absolute atomic E-state index is 14.0. The Morgan fingerprint density at radius 1 is 0.397 bits per heavy atom. The van der Waals surface area contributed by atoms with Gasteiger partial charge in [-0.15, -0.1) is 0 Å². The number of piperazine rings is 3. The maximum atomic E-state index is 14.0. The number of likely N-dealkylation sites (N-methyl/N-ethyl adjacent to an activating group) is 3. The van der Waals surface area contributed by atoms with Crippen LogP contribution in [0.25, 0.3) is 18.2 Å². The number of hydrogen-bond acceptors (Lipinski definition) is 21. The predicted molar refractivity (Wildman–Crippen MR) is 478 cm³/mol. The van der Waals surface area contributed by atoms with Crippen molar-refractivity contribution in [1.82, 2.24) is 44.4 Å². The number of nitrogens with zero attached hydrogens (tertiary/aromatic N) is 9. The van der Waals surface area contributed by atoms with Gasteiger partial charge in [0.2, 0.25) is 0 Å². The number of hydrogen-bond donors (Lipinski definition) is 4. The second-order valence-corrected chi connectivity index (χ2v) is 33.8. The molecular weight excluding hydrogens is 1730 g/mol. The average molecular weight is 1830 g/mol. The van der Waals surface area contributed by atoms with Crippen LogP contribution in [0.15, 0.2) is 163 Å². The number of aliphatic carboxylic acids is 1. The Hall–Kier alpha value is -10.5. The number of carbonyl (C=O) groups is 6. The molecule has 6 aromatic carbocycles. The van der Waals surface area contributed by atoms with Crippen molar-refractivity contribution in [2.75, 3.05) is 129 Å². The van der Waals surface area contributed by atoms with Crippen LogP contribution in [-0.4, -0.2) is 204 Å². The molecule has 0 bridgehead atoms. The molecule has 5 N–H and O–H groups in total. The number of halogens is 9. The van der Waals surface area contributed by atoms with E-state index in [0.29, 0.717) is 107 Å². The Morgan fingerprint density at radius 3 is 0.969 bits per heavy atom. The Bertz CT molecular complexity index is 5800. The Morgan fingerprint density at radius 2 is 0.687 bits per heavy atom. The second kappa shape index (κ2) is 44.8. The van der Waals surface area contributed by atoms with Crippen molar-refractivity contribution in [3.63, 3.8) is 0 Å². The molecule has 131 heavy (non-hydrogen) atoms. The molecule has 6 aliphatic rings. The van der Waals surface area contributed by atoms with Gasteiger partial charge in [-0.3, -0.25) is 44.0 Å². The molecule has 3 aliphatic carbocycles. The molecule has 3 aromatic heterocycles. The molecule has 0 spiro atoms. The van der Waals surface area contributed by atoms with E-state index in [1.807, 2.05) is 129 Å². The number of rotatable bonds is 28. The van der Waals surface area contributed by atoms with Gasteiger partial charge in [-0.2, -0.15) is 39.5 Å². The predicted octanol–water partition coefficient (Wildman–Crippen LogP) is 13.0. The first kappa shape index (κ1) is 101. The third-order valence-corrected chi connectivity index (χ3v) is 24.3. The van der Waals surface area contributed by atoms with Gasteiger partial charge < -0.3 is 50.7 Å². The van der Waals surface area contributed by atoms with E-state index in [1.165, 1.54) is 43.5 Å². The number of methoxy groups -OCH3 is 1. The SMILES string of the molecule is CCOC(=O)C1=Cc2cc(NCc3cc(CC(=O)c4ccc(CN5CCN(C)CC5)c(C(F)(F)F)c4)ccc3C)cnc2C1.COC(=O)C1=Cc2cc(NCc3cc(CC(=O)c4ccc(CN5CCN(C)CC5)c(C(F)(F)F)c4)ccc3C)cnc2C1.Cc1ccc(CC(=O)c2ccc(CN3CCN(C)CC3)c(C(F)(F)F)c2)cc1CNc1cnc2c(c1)C=C(C(=O)O)C2.[K+].[OH-]. The average Bonchev–Trinajstić information content (AvgIpc) is 1.77. The van der Waals surface area contributed by atoms with Gasteiger partial charge in [0.15, 0.2) is 17.3 Å². The quantitative estimate of drug-likeness (QED) is 0.0154. The molecule has 22 nitrogen and oxygen atoms in total. The summed E-state index contributed by atoms with van der Waals surface area (Å²) in [4.78, 5) is 101. The minimum absolute atomic E-state index is 0. The van der Waals surface area contributed by atoms with Crippen LogP contribution in [0.2, 0.25) is 0 Å². The van der Waals surface area contributed by atoms with E-state index < -0.39 is 41.2 Å². The summed E-state index contributed by atoms with van der Waals surface area (Å²) in [5, 5.41) is 19.2. The van der Waals surface area contributed by atoms with E-state index in [1.54, 1.807) is 43.7 Å². The number of Topliss-reactive ketones (excluding diaryl/α,β-unsaturated/α-hetero) is 3. The molecule has 0 amide bonds. The molecule has 3 aliphatic heterocycles. The van der Waals surface area contributed by atoms with Gasteiger partial charge in [0.25, 0.3) is 0 Å². The first-order valence-electron chi connectivity index (χ1n) is 42.9. The molecule has 3 saturated heterocycles. The van der Waals surface area contributed by atoms with Crippen molar-refractivity contribution in [1.29, 1.82) is 0 Å². The van der Waals surface area contributed by atoms with Crippen molar-refractivity contribution in [2.24, 2.45) is 0 Å². The fourth-order valence-electron chi connectivity index (χ4n) is 16.4. The molecule has 9 aromatic rings. The zero-order valence-corrected chi connectivity index (χ0v) is 78.0. The van der Waals surface area contributed by atoms with E-state index in [4.69, 9.17) is 9.47 Å². The summed E-state index contributed by atoms with van der Waals surface area (Å²) in [6, 6.07) is 34.5. The van der Waals surface area contributed by atoms with E-state index >= 15 is 0 Å². The topological polar surface area (TPSA) is 265 Å². The molecule has 686 valence electrons. The molecule has 0 saturated carbocycles. The summed E-state index contributed by atoms with van der Waals surface area (Å²) in [5.74, 6) is -2.77. The molecular formula is C99H106F9KN12O10. The summed E-state index contributed by atoms with van der Waals surface area (Å²) >= 11 is 0. The van der Waals surface area contributed by atoms with Crippen molar-refractivity contribution >= 4 is 70.5 Å². The number of fused-ring (bicyclic) bond motifs is 3. The number of alkyl halides is 9. The van der Waals surface area contributed by atoms with Gasteiger partial charge >= 0.3 is 87.8 Å². The summed E-state index contributed by atoms with van der Waals surface area (Å²) in [7, 11) is 7.35. The Labute approximate surface area is 798 Å². The number of benzene rings is 6. The van der Waals surface area contributed by atoms with Crippen molar-refractivity contribution in [3.05, 3.63) is 297 Å². The second-order valence-electron chi connectivity index (χ2n) is 33.8. The smallest absolute Gasteiger partial charge is 0.870 e. The van der Waals surface area contributed by atoms with Gasteiger partial charge in [0.05, 0.1) is 83.1 Å². The number of nitrogens with one attached hydrogen (secondary N) is 3. The Kier molecular flexibility index (Phi) is 34.6. The van der Waals surface area contributed by atoms with E-state index in [2.05, 4.69) is 45.6 Å². The summed E-state index contributed by atoms with van der Waals surface area (Å²) < 4.78 is 136. The third kappa shape index (κ3) is 27.2. The van der Waals surface area contributed by atoms with Crippen LogP contribution in [0.3, 0.4) is 0 Å². The van der Waals surface area contributed by atoms with Crippen LogP contribution in [0.4, 0.5) is 56.6 Å². The van der Waals surface area contributed by atoms with Gasteiger partial charge in [-0.1, -0.05) is 91.0 Å². The van der Waals surface area contributed by atoms with E-state index in [-0.39, 0.29) is 158 Å². The number of pyridine rings is 3. The van der Waals surface area contributed by atoms with Crippen molar-refractivity contribution in [3.8, 4) is 0 Å². The monoisotopic (exact) mass is 1830 g/mol. The van der Waals surface area contributed by atoms with Crippen LogP contribution in [0.1, 0.15) is 155 Å². The molecule has 0 radical (unpaired) electrons. The van der Waals surface area contributed by atoms with E-state index in [9.17, 15) is 73.4 Å². The fourth-order valence-corrected chi connectivity index (χ4v) is 16.4. The standard InChI is InChI=1S/C34H37F3N4O3.C33H35F3N4O3.C32H33F3N4O3.K.H2O/c1-4-44-33(43)27-15-26-16-29(20-39-31(26)18-27)38-19-28-13-23(6-5-22(28)2)14-32(42)24-7-8-25(30(17-24)34(35,36)37)21-41-11-9-40(3)10-12-41;1-21-4-5-22(12-27(21)18-37-28-15-25-14-26(32(42)43-3)17-30(25)38-19-28)13-31(41)23-6-7-24(29(16-23)33(34,35)36)20-40-10-8-39(2)9-11-40;1-20-3-4-21(11-26(20)17-36-27-14-24-13-25(31(41)42)16-29(24)37-18-27)12-30(40)22-5-6-23(28(15-22)32(33,34)35)19-39-9-7-38(2)8-10-39;;/h5-8,13,15-17,20,38H,4,9-12,14,18-19,21H2,1-3H3;4-7,12,14-16,19,37H,8-11,13,17-18,20H2,1-3H3;3-6,11,13-15,18,36H,7-10,12,16-17,19H2,1-2H3,(H,41,42);;1H2/q;;;+1;/p-1. The number of ketones is 3. The van der Waals surface area contributed by atoms with Crippen molar-refractivity contribution in [2.45, 2.75) is 124 Å². The molecule has 6 heterocycles. The minimum Gasteiger partial charge on any atom is -0.870 e. The van der Waals surface area contributed by atoms with Crippen LogP contribution >= 0.6 is 0 Å². The van der Waals surface area contributed by atoms with Crippen LogP contribution in [0.5, 0.6) is 0 Å². The van der Waals surface area contributed by atoms with Crippen LogP contribution in [0, 0.1) is 20.8 Å². The summed E-state index contributed by atoms with van der Waals surface area (Å²) in [6.07, 6.45) is -2.26. The number of ether oxygens (including phenoxy) is 2. The number of carboxylic acids is 1. The first-order valence-corrected chi connectivity index (χ1v) is 42.9. The number of aromatic nitrogens is 3. The number of aryl methyl sites for hydroxylation is 3. The molecule has 15 rings (SSSR count). The van der Waals surface area contributed by atoms with Crippen LogP contribution < -0.4 is 67.3 Å². The summed E-state index contributed by atoms with van der Waals surface area (Å²) in [6.45, 7) is 19.0. The first-order chi connectivity index (χ1) is 61.4. The third-order valence-electron chi connectivity index (χ3n) is 24.3. The Balaban J connectivity index is 0.000000188. The summed E-state index contributed by atoms with van der Waals surface area (Å²) in [5.41, 5.74) is 15.0. The van der Waals surface area contributed by atoms with Crippen LogP contribution in [-0.2, 0) is 120 Å². The van der Waals surface area contributed by atoms with Gasteiger partial charge in [0.1, 0.15) is 0 Å². The maximum Gasteiger partial charge on any atom is 1.00 e. The largest absolute Gasteiger partial charge is 1.00 e. The number of anilines is 3. The molecule has 32 heteroatoms. The fraction of sp³-hybridized carbons (Fsp3) is 0.364. The number of carbonyl (C=O) groups excluding carboxylic acids is 5. The van der Waals surface area contributed by atoms with Gasteiger partial charge in [-0.25, -0.2) is 14.4 Å². The molecule has 0 atom stereocenters. The minimum atomic E-state index is -4.56. The van der Waals surface area contributed by atoms with Gasteiger partial charge in [-0.05, 0) is 187 Å². The number of carboxylic acid groups (broad SMARTS) is 1.